The largest absolute Gasteiger partial charge is 0.416 e. The second-order valence-electron chi connectivity index (χ2n) is 8.35. The van der Waals surface area contributed by atoms with Gasteiger partial charge < -0.3 is 10.2 Å². The molecular formula is C26H27ClF3N3O. The highest BCUT2D eigenvalue weighted by atomic mass is 35.5. The Kier molecular flexibility index (Phi) is 8.20. The van der Waals surface area contributed by atoms with Crippen LogP contribution in [0.25, 0.3) is 0 Å². The van der Waals surface area contributed by atoms with Gasteiger partial charge in [-0.2, -0.15) is 13.2 Å². The number of anilines is 1. The van der Waals surface area contributed by atoms with Crippen LogP contribution in [0.4, 0.5) is 18.9 Å². The molecule has 1 aromatic heterocycles. The Morgan fingerprint density at radius 2 is 1.76 bits per heavy atom. The van der Waals surface area contributed by atoms with Crippen LogP contribution in [-0.2, 0) is 19.1 Å². The van der Waals surface area contributed by atoms with Crippen LogP contribution in [0.1, 0.15) is 52.5 Å². The number of aromatic nitrogens is 1. The number of rotatable bonds is 8. The van der Waals surface area contributed by atoms with Crippen molar-refractivity contribution in [1.29, 1.82) is 0 Å². The summed E-state index contributed by atoms with van der Waals surface area (Å²) in [6.07, 6.45) is -4.16. The van der Waals surface area contributed by atoms with Crippen LogP contribution in [0.15, 0.2) is 60.7 Å². The molecule has 0 saturated heterocycles. The maximum atomic E-state index is 13.5. The molecule has 180 valence electrons. The van der Waals surface area contributed by atoms with Crippen molar-refractivity contribution in [3.8, 4) is 0 Å². The van der Waals surface area contributed by atoms with Gasteiger partial charge in [-0.15, -0.1) is 0 Å². The van der Waals surface area contributed by atoms with Crippen molar-refractivity contribution in [3.63, 3.8) is 0 Å². The molecule has 0 unspecified atom stereocenters. The van der Waals surface area contributed by atoms with Gasteiger partial charge in [0.05, 0.1) is 11.3 Å². The summed E-state index contributed by atoms with van der Waals surface area (Å²) in [5, 5.41) is 3.13. The molecule has 0 saturated carbocycles. The minimum absolute atomic E-state index is 0.165. The Labute approximate surface area is 202 Å². The van der Waals surface area contributed by atoms with E-state index in [-0.39, 0.29) is 36.3 Å². The topological polar surface area (TPSA) is 45.2 Å². The van der Waals surface area contributed by atoms with E-state index < -0.39 is 11.7 Å². The van der Waals surface area contributed by atoms with E-state index in [4.69, 9.17) is 11.6 Å². The van der Waals surface area contributed by atoms with E-state index in [1.54, 1.807) is 30.1 Å². The first-order valence-corrected chi connectivity index (χ1v) is 11.3. The molecule has 3 aromatic rings. The number of nitrogens with zero attached hydrogens (tertiary/aromatic N) is 2. The smallest absolute Gasteiger partial charge is 0.386 e. The van der Waals surface area contributed by atoms with Crippen LogP contribution in [0.2, 0.25) is 5.15 Å². The molecule has 1 N–H and O–H groups in total. The van der Waals surface area contributed by atoms with Crippen molar-refractivity contribution in [2.75, 3.05) is 18.9 Å². The number of carbonyl (C=O) groups is 1. The zero-order valence-electron chi connectivity index (χ0n) is 19.3. The average Bonchev–Trinajstić information content (AvgIpc) is 2.81. The fourth-order valence-corrected chi connectivity index (χ4v) is 3.75. The number of nitrogens with one attached hydrogen (secondary N) is 1. The summed E-state index contributed by atoms with van der Waals surface area (Å²) in [5.41, 5.74) is 2.57. The van der Waals surface area contributed by atoms with E-state index in [9.17, 15) is 18.0 Å². The number of pyridine rings is 1. The SMILES string of the molecule is CNc1ccc(Cl)nc1C(=O)N(CCc1cccc(C(F)(F)F)c1)Cc1ccc(C(C)C)cc1. The zero-order chi connectivity index (χ0) is 24.9. The maximum absolute atomic E-state index is 13.5. The first kappa shape index (κ1) is 25.6. The molecule has 0 fully saturated rings. The normalized spacial score (nSPS) is 11.5. The van der Waals surface area contributed by atoms with E-state index in [1.165, 1.54) is 11.6 Å². The Morgan fingerprint density at radius 1 is 1.06 bits per heavy atom. The van der Waals surface area contributed by atoms with Crippen LogP contribution < -0.4 is 5.32 Å². The summed E-state index contributed by atoms with van der Waals surface area (Å²) in [6.45, 7) is 4.70. The molecule has 1 heterocycles. The third kappa shape index (κ3) is 6.50. The minimum Gasteiger partial charge on any atom is -0.386 e. The number of carbonyl (C=O) groups excluding carboxylic acids is 1. The predicted molar refractivity (Wildman–Crippen MR) is 129 cm³/mol. The lowest BCUT2D eigenvalue weighted by atomic mass is 10.0. The van der Waals surface area contributed by atoms with Crippen molar-refractivity contribution in [1.82, 2.24) is 9.88 Å². The van der Waals surface area contributed by atoms with E-state index >= 15 is 0 Å². The van der Waals surface area contributed by atoms with Crippen LogP contribution in [-0.4, -0.2) is 29.4 Å². The molecule has 0 aliphatic rings. The molecule has 0 aliphatic carbocycles. The van der Waals surface area contributed by atoms with Gasteiger partial charge in [0, 0.05) is 20.1 Å². The number of alkyl halides is 3. The van der Waals surface area contributed by atoms with Gasteiger partial charge in [0.15, 0.2) is 5.69 Å². The second-order valence-corrected chi connectivity index (χ2v) is 8.74. The van der Waals surface area contributed by atoms with Crippen LogP contribution in [0, 0.1) is 0 Å². The molecule has 34 heavy (non-hydrogen) atoms. The third-order valence-electron chi connectivity index (χ3n) is 5.56. The van der Waals surface area contributed by atoms with Gasteiger partial charge >= 0.3 is 6.18 Å². The summed E-state index contributed by atoms with van der Waals surface area (Å²) >= 11 is 6.05. The Hall–Kier alpha value is -3.06. The molecule has 3 rings (SSSR count). The monoisotopic (exact) mass is 489 g/mol. The van der Waals surface area contributed by atoms with Crippen LogP contribution in [0.3, 0.4) is 0 Å². The first-order chi connectivity index (χ1) is 16.1. The molecule has 0 spiro atoms. The molecule has 0 atom stereocenters. The van der Waals surface area contributed by atoms with Crippen molar-refractivity contribution in [2.45, 2.75) is 38.9 Å². The van der Waals surface area contributed by atoms with E-state index in [1.807, 2.05) is 24.3 Å². The highest BCUT2D eigenvalue weighted by Crippen LogP contribution is 2.30. The summed E-state index contributed by atoms with van der Waals surface area (Å²) in [6, 6.07) is 16.4. The van der Waals surface area contributed by atoms with Gasteiger partial charge in [0.25, 0.3) is 5.91 Å². The quantitative estimate of drug-likeness (QED) is 0.354. The highest BCUT2D eigenvalue weighted by molar-refractivity contribution is 6.29. The van der Waals surface area contributed by atoms with Crippen molar-refractivity contribution >= 4 is 23.2 Å². The third-order valence-corrected chi connectivity index (χ3v) is 5.78. The van der Waals surface area contributed by atoms with Gasteiger partial charge in [-0.3, -0.25) is 4.79 Å². The number of hydrogen-bond donors (Lipinski definition) is 1. The van der Waals surface area contributed by atoms with Crippen LogP contribution >= 0.6 is 11.6 Å². The molecule has 8 heteroatoms. The average molecular weight is 490 g/mol. The van der Waals surface area contributed by atoms with Crippen molar-refractivity contribution in [3.05, 3.63) is 93.8 Å². The summed E-state index contributed by atoms with van der Waals surface area (Å²) in [7, 11) is 1.68. The van der Waals surface area contributed by atoms with E-state index in [0.29, 0.717) is 17.2 Å². The molecule has 4 nitrogen and oxygen atoms in total. The van der Waals surface area contributed by atoms with Crippen molar-refractivity contribution in [2.24, 2.45) is 0 Å². The Balaban J connectivity index is 1.89. The molecule has 1 amide bonds. The molecular weight excluding hydrogens is 463 g/mol. The highest BCUT2D eigenvalue weighted by Gasteiger charge is 2.30. The fourth-order valence-electron chi connectivity index (χ4n) is 3.60. The predicted octanol–water partition coefficient (Wildman–Crippen LogP) is 6.80. The Morgan fingerprint density at radius 3 is 2.38 bits per heavy atom. The van der Waals surface area contributed by atoms with Gasteiger partial charge in [-0.1, -0.05) is 67.9 Å². The van der Waals surface area contributed by atoms with Gasteiger partial charge in [-0.25, -0.2) is 4.98 Å². The minimum atomic E-state index is -4.42. The lowest BCUT2D eigenvalue weighted by molar-refractivity contribution is -0.137. The first-order valence-electron chi connectivity index (χ1n) is 11.0. The number of halogens is 4. The lowest BCUT2D eigenvalue weighted by Crippen LogP contribution is -2.33. The summed E-state index contributed by atoms with van der Waals surface area (Å²) in [5.74, 6) is 0.0216. The molecule has 0 aliphatic heterocycles. The van der Waals surface area contributed by atoms with Crippen LogP contribution in [0.5, 0.6) is 0 Å². The second kappa shape index (κ2) is 10.9. The number of hydrogen-bond acceptors (Lipinski definition) is 3. The van der Waals surface area contributed by atoms with Gasteiger partial charge in [0.1, 0.15) is 5.15 Å². The zero-order valence-corrected chi connectivity index (χ0v) is 20.0. The Bertz CT molecular complexity index is 1130. The molecule has 0 bridgehead atoms. The molecule has 2 aromatic carbocycles. The van der Waals surface area contributed by atoms with E-state index in [0.717, 1.165) is 17.7 Å². The van der Waals surface area contributed by atoms with Gasteiger partial charge in [-0.05, 0) is 47.2 Å². The lowest BCUT2D eigenvalue weighted by Gasteiger charge is -2.24. The summed E-state index contributed by atoms with van der Waals surface area (Å²) in [4.78, 5) is 19.3. The van der Waals surface area contributed by atoms with E-state index in [2.05, 4.69) is 24.1 Å². The molecule has 0 radical (unpaired) electrons. The summed E-state index contributed by atoms with van der Waals surface area (Å²) < 4.78 is 39.4. The fraction of sp³-hybridized carbons (Fsp3) is 0.308. The number of amides is 1. The van der Waals surface area contributed by atoms with Crippen molar-refractivity contribution < 1.29 is 18.0 Å². The maximum Gasteiger partial charge on any atom is 0.416 e. The number of benzene rings is 2. The van der Waals surface area contributed by atoms with Gasteiger partial charge in [0.2, 0.25) is 0 Å². The standard InChI is InChI=1S/C26H27ClF3N3O/c1-17(2)20-9-7-19(8-10-20)16-33(25(34)24-22(31-3)11-12-23(27)32-24)14-13-18-5-4-6-21(15-18)26(28,29)30/h4-12,15,17,31H,13-14,16H2,1-3H3.